The summed E-state index contributed by atoms with van der Waals surface area (Å²) in [5.74, 6) is 0.550. The van der Waals surface area contributed by atoms with Crippen molar-refractivity contribution in [2.45, 2.75) is 19.0 Å². The van der Waals surface area contributed by atoms with Crippen LogP contribution in [0.1, 0.15) is 11.3 Å². The number of anilines is 1. The predicted octanol–water partition coefficient (Wildman–Crippen LogP) is 5.40. The van der Waals surface area contributed by atoms with E-state index in [9.17, 15) is 4.79 Å². The second kappa shape index (κ2) is 8.50. The van der Waals surface area contributed by atoms with Crippen LogP contribution in [0.25, 0.3) is 17.0 Å². The monoisotopic (exact) mass is 439 g/mol. The van der Waals surface area contributed by atoms with Gasteiger partial charge in [-0.25, -0.2) is 0 Å². The number of amides is 1. The van der Waals surface area contributed by atoms with Crippen LogP contribution in [0.4, 0.5) is 5.69 Å². The first-order valence-electron chi connectivity index (χ1n) is 9.50. The van der Waals surface area contributed by atoms with Crippen LogP contribution in [-0.2, 0) is 11.3 Å². The highest BCUT2D eigenvalue weighted by atomic mass is 35.5. The van der Waals surface area contributed by atoms with E-state index in [1.54, 1.807) is 25.3 Å². The Morgan fingerprint density at radius 2 is 2.13 bits per heavy atom. The molecule has 1 unspecified atom stereocenters. The second-order valence-electron chi connectivity index (χ2n) is 6.88. The van der Waals surface area contributed by atoms with Crippen molar-refractivity contribution in [1.82, 2.24) is 9.88 Å². The van der Waals surface area contributed by atoms with Gasteiger partial charge in [-0.2, -0.15) is 0 Å². The van der Waals surface area contributed by atoms with Gasteiger partial charge in [0.2, 0.25) is 0 Å². The Labute approximate surface area is 184 Å². The molecule has 3 aromatic rings. The number of hydrogen-bond donors (Lipinski definition) is 2. The van der Waals surface area contributed by atoms with Gasteiger partial charge in [0.1, 0.15) is 5.75 Å². The van der Waals surface area contributed by atoms with Gasteiger partial charge in [0.05, 0.1) is 17.7 Å². The highest BCUT2D eigenvalue weighted by Crippen LogP contribution is 2.36. The summed E-state index contributed by atoms with van der Waals surface area (Å²) < 4.78 is 7.59. The largest absolute Gasteiger partial charge is 0.495 e. The fourth-order valence-electron chi connectivity index (χ4n) is 3.63. The number of ether oxygens (including phenoxy) is 1. The molecule has 1 saturated heterocycles. The molecule has 0 radical (unpaired) electrons. The van der Waals surface area contributed by atoms with Gasteiger partial charge < -0.3 is 19.9 Å². The number of fused-ring (bicyclic) bond motifs is 1. The van der Waals surface area contributed by atoms with E-state index in [4.69, 9.17) is 16.3 Å². The molecule has 0 spiro atoms. The van der Waals surface area contributed by atoms with E-state index >= 15 is 0 Å². The van der Waals surface area contributed by atoms with Gasteiger partial charge in [-0.3, -0.25) is 4.79 Å². The van der Waals surface area contributed by atoms with Crippen LogP contribution in [0.3, 0.4) is 0 Å². The molecule has 2 N–H and O–H groups in total. The highest BCUT2D eigenvalue weighted by Gasteiger charge is 2.28. The lowest BCUT2D eigenvalue weighted by molar-refractivity contribution is -0.116. The number of para-hydroxylation sites is 1. The molecule has 4 rings (SSSR count). The third-order valence-corrected chi connectivity index (χ3v) is 6.31. The number of nitrogens with one attached hydrogen (secondary N) is 2. The SMILES string of the molecule is C=CCn1c(C)c(/C=C2\SC(Nc3cc(Cl)ccc3OC)NC2=O)c2ccccc21. The van der Waals surface area contributed by atoms with Crippen LogP contribution >= 0.6 is 23.4 Å². The number of hydrogen-bond acceptors (Lipinski definition) is 4. The number of allylic oxidation sites excluding steroid dienone is 1. The number of halogens is 1. The fraction of sp³-hybridized carbons (Fsp3) is 0.174. The van der Waals surface area contributed by atoms with Crippen molar-refractivity contribution in [1.29, 1.82) is 0 Å². The topological polar surface area (TPSA) is 55.3 Å². The third-order valence-electron chi connectivity index (χ3n) is 5.05. The average molecular weight is 440 g/mol. The van der Waals surface area contributed by atoms with Crippen molar-refractivity contribution in [3.05, 3.63) is 76.3 Å². The number of carbonyl (C=O) groups excluding carboxylic acids is 1. The first-order chi connectivity index (χ1) is 14.5. The van der Waals surface area contributed by atoms with Crippen LogP contribution in [0.15, 0.2) is 60.0 Å². The Bertz CT molecular complexity index is 1170. The maximum Gasteiger partial charge on any atom is 0.260 e. The number of carbonyl (C=O) groups is 1. The zero-order valence-corrected chi connectivity index (χ0v) is 18.3. The standard InChI is InChI=1S/C23H22ClN3O2S/c1-4-11-27-14(2)17(16-7-5-6-8-19(16)27)13-21-22(28)26-23(30-21)25-18-12-15(24)9-10-20(18)29-3/h4-10,12-13,23,25H,1,11H2,2-3H3,(H,26,28)/b21-13-. The Hall–Kier alpha value is -2.83. The minimum Gasteiger partial charge on any atom is -0.495 e. The number of nitrogens with zero attached hydrogens (tertiary/aromatic N) is 1. The Balaban J connectivity index is 1.65. The Morgan fingerprint density at radius 3 is 2.90 bits per heavy atom. The normalized spacial score (nSPS) is 17.4. The molecule has 2 aromatic carbocycles. The molecule has 7 heteroatoms. The molecule has 0 saturated carbocycles. The minimum absolute atomic E-state index is 0.113. The van der Waals surface area contributed by atoms with Crippen LogP contribution in [0, 0.1) is 6.92 Å². The molecule has 5 nitrogen and oxygen atoms in total. The molecular formula is C23H22ClN3O2S. The minimum atomic E-state index is -0.321. The first-order valence-corrected chi connectivity index (χ1v) is 10.8. The first kappa shape index (κ1) is 20.4. The molecular weight excluding hydrogens is 418 g/mol. The molecule has 1 aliphatic rings. The molecule has 1 amide bonds. The van der Waals surface area contributed by atoms with E-state index in [2.05, 4.69) is 40.8 Å². The maximum absolute atomic E-state index is 12.7. The molecule has 1 atom stereocenters. The Kier molecular flexibility index (Phi) is 5.79. The lowest BCUT2D eigenvalue weighted by atomic mass is 10.1. The number of aromatic nitrogens is 1. The van der Waals surface area contributed by atoms with Crippen molar-refractivity contribution < 1.29 is 9.53 Å². The second-order valence-corrected chi connectivity index (χ2v) is 8.47. The van der Waals surface area contributed by atoms with Crippen molar-refractivity contribution in [3.63, 3.8) is 0 Å². The quantitative estimate of drug-likeness (QED) is 0.399. The summed E-state index contributed by atoms with van der Waals surface area (Å²) in [6.45, 7) is 6.65. The lowest BCUT2D eigenvalue weighted by Gasteiger charge is -2.15. The zero-order valence-electron chi connectivity index (χ0n) is 16.7. The van der Waals surface area contributed by atoms with Crippen molar-refractivity contribution in [3.8, 4) is 5.75 Å². The van der Waals surface area contributed by atoms with E-state index in [0.717, 1.165) is 27.8 Å². The van der Waals surface area contributed by atoms with E-state index < -0.39 is 0 Å². The zero-order chi connectivity index (χ0) is 21.3. The van der Waals surface area contributed by atoms with Gasteiger partial charge in [0.25, 0.3) is 5.91 Å². The summed E-state index contributed by atoms with van der Waals surface area (Å²) in [5.41, 5.74) is 3.68. The van der Waals surface area contributed by atoms with Crippen LogP contribution < -0.4 is 15.4 Å². The van der Waals surface area contributed by atoms with Crippen LogP contribution in [0.2, 0.25) is 5.02 Å². The van der Waals surface area contributed by atoms with Crippen molar-refractivity contribution in [2.75, 3.05) is 12.4 Å². The van der Waals surface area contributed by atoms with E-state index in [1.165, 1.54) is 11.8 Å². The van der Waals surface area contributed by atoms with E-state index in [0.29, 0.717) is 22.2 Å². The number of rotatable bonds is 6. The third kappa shape index (κ3) is 3.80. The molecule has 154 valence electrons. The molecule has 1 aliphatic heterocycles. The summed E-state index contributed by atoms with van der Waals surface area (Å²) in [7, 11) is 1.60. The van der Waals surface area contributed by atoms with E-state index in [-0.39, 0.29) is 11.4 Å². The average Bonchev–Trinajstić information content (AvgIpc) is 3.21. The van der Waals surface area contributed by atoms with Gasteiger partial charge in [0, 0.05) is 33.7 Å². The summed E-state index contributed by atoms with van der Waals surface area (Å²) in [5, 5.41) is 7.96. The molecule has 1 aromatic heterocycles. The lowest BCUT2D eigenvalue weighted by Crippen LogP contribution is -2.31. The fourth-order valence-corrected chi connectivity index (χ4v) is 4.76. The van der Waals surface area contributed by atoms with Gasteiger partial charge in [-0.15, -0.1) is 6.58 Å². The number of benzene rings is 2. The highest BCUT2D eigenvalue weighted by molar-refractivity contribution is 8.05. The summed E-state index contributed by atoms with van der Waals surface area (Å²) in [6.07, 6.45) is 3.85. The summed E-state index contributed by atoms with van der Waals surface area (Å²) in [4.78, 5) is 13.3. The molecule has 1 fully saturated rings. The van der Waals surface area contributed by atoms with Gasteiger partial charge in [0.15, 0.2) is 5.50 Å². The van der Waals surface area contributed by atoms with Crippen molar-refractivity contribution in [2.24, 2.45) is 0 Å². The van der Waals surface area contributed by atoms with Crippen LogP contribution in [-0.4, -0.2) is 23.1 Å². The summed E-state index contributed by atoms with van der Waals surface area (Å²) in [6, 6.07) is 13.5. The number of thioether (sulfide) groups is 1. The Morgan fingerprint density at radius 1 is 1.33 bits per heavy atom. The maximum atomic E-state index is 12.7. The molecule has 2 heterocycles. The van der Waals surface area contributed by atoms with E-state index in [1.807, 2.05) is 24.3 Å². The number of methoxy groups -OCH3 is 1. The smallest absolute Gasteiger partial charge is 0.260 e. The molecule has 0 aliphatic carbocycles. The van der Waals surface area contributed by atoms with Crippen molar-refractivity contribution >= 4 is 51.9 Å². The summed E-state index contributed by atoms with van der Waals surface area (Å²) >= 11 is 7.55. The van der Waals surface area contributed by atoms with Crippen LogP contribution in [0.5, 0.6) is 5.75 Å². The molecule has 30 heavy (non-hydrogen) atoms. The van der Waals surface area contributed by atoms with Gasteiger partial charge in [-0.1, -0.05) is 47.6 Å². The van der Waals surface area contributed by atoms with Gasteiger partial charge in [-0.05, 0) is 37.3 Å². The predicted molar refractivity (Wildman–Crippen MR) is 126 cm³/mol. The molecule has 0 bridgehead atoms. The van der Waals surface area contributed by atoms with Gasteiger partial charge >= 0.3 is 0 Å².